The Morgan fingerprint density at radius 1 is 1.29 bits per heavy atom. The molecule has 0 spiro atoms. The Morgan fingerprint density at radius 2 is 1.86 bits per heavy atom. The second kappa shape index (κ2) is 7.04. The van der Waals surface area contributed by atoms with Gasteiger partial charge in [-0.05, 0) is 37.0 Å². The molecule has 0 bridgehead atoms. The maximum Gasteiger partial charge on any atom is 0.335 e. The maximum absolute atomic E-state index is 12.1. The molecule has 1 unspecified atom stereocenters. The van der Waals surface area contributed by atoms with E-state index in [1.54, 1.807) is 13.0 Å². The van der Waals surface area contributed by atoms with Crippen LogP contribution in [0, 0.1) is 5.41 Å². The van der Waals surface area contributed by atoms with E-state index in [9.17, 15) is 14.7 Å². The molecule has 0 aromatic heterocycles. The summed E-state index contributed by atoms with van der Waals surface area (Å²) in [7, 11) is 0. The van der Waals surface area contributed by atoms with Crippen LogP contribution in [-0.2, 0) is 0 Å². The molecular formula is C15H20BrNO4. The molecule has 0 saturated carbocycles. The molecule has 1 aromatic rings. The SMILES string of the molecule is CC(O)CC(C)(C)CNC(=O)c1cc(Br)cc(C(=O)O)c1. The highest BCUT2D eigenvalue weighted by molar-refractivity contribution is 9.10. The average Bonchev–Trinajstić information content (AvgIpc) is 2.33. The Morgan fingerprint density at radius 3 is 2.38 bits per heavy atom. The molecule has 1 amide bonds. The van der Waals surface area contributed by atoms with Crippen LogP contribution in [0.4, 0.5) is 0 Å². The van der Waals surface area contributed by atoms with Crippen molar-refractivity contribution in [3.8, 4) is 0 Å². The molecule has 0 saturated heterocycles. The third-order valence-electron chi connectivity index (χ3n) is 2.98. The lowest BCUT2D eigenvalue weighted by Crippen LogP contribution is -2.35. The number of rotatable bonds is 6. The number of hydrogen-bond acceptors (Lipinski definition) is 3. The Bertz CT molecular complexity index is 540. The van der Waals surface area contributed by atoms with Crippen LogP contribution in [0.1, 0.15) is 47.9 Å². The quantitative estimate of drug-likeness (QED) is 0.730. The third-order valence-corrected chi connectivity index (χ3v) is 3.44. The summed E-state index contributed by atoms with van der Waals surface area (Å²) in [5, 5.41) is 21.2. The van der Waals surface area contributed by atoms with Gasteiger partial charge in [0, 0.05) is 16.6 Å². The highest BCUT2D eigenvalue weighted by Gasteiger charge is 2.21. The van der Waals surface area contributed by atoms with Gasteiger partial charge in [-0.2, -0.15) is 0 Å². The molecule has 0 aliphatic carbocycles. The molecule has 0 aliphatic heterocycles. The fourth-order valence-electron chi connectivity index (χ4n) is 2.14. The van der Waals surface area contributed by atoms with Crippen molar-refractivity contribution in [1.82, 2.24) is 5.32 Å². The number of benzene rings is 1. The zero-order chi connectivity index (χ0) is 16.2. The monoisotopic (exact) mass is 357 g/mol. The number of halogens is 1. The van der Waals surface area contributed by atoms with Crippen molar-refractivity contribution < 1.29 is 19.8 Å². The van der Waals surface area contributed by atoms with Crippen LogP contribution in [0.2, 0.25) is 0 Å². The van der Waals surface area contributed by atoms with Gasteiger partial charge >= 0.3 is 5.97 Å². The van der Waals surface area contributed by atoms with Gasteiger partial charge in [-0.25, -0.2) is 4.79 Å². The van der Waals surface area contributed by atoms with Gasteiger partial charge in [-0.15, -0.1) is 0 Å². The van der Waals surface area contributed by atoms with Crippen LogP contribution < -0.4 is 5.32 Å². The van der Waals surface area contributed by atoms with E-state index >= 15 is 0 Å². The molecule has 6 heteroatoms. The minimum absolute atomic E-state index is 0.0535. The maximum atomic E-state index is 12.1. The fraction of sp³-hybridized carbons (Fsp3) is 0.467. The number of aromatic carboxylic acids is 1. The number of carboxylic acids is 1. The second-order valence-corrected chi connectivity index (χ2v) is 6.85. The molecule has 0 radical (unpaired) electrons. The number of aliphatic hydroxyl groups is 1. The van der Waals surface area contributed by atoms with E-state index in [2.05, 4.69) is 21.2 Å². The summed E-state index contributed by atoms with van der Waals surface area (Å²) < 4.78 is 0.538. The number of aliphatic hydroxyl groups excluding tert-OH is 1. The molecular weight excluding hydrogens is 338 g/mol. The van der Waals surface area contributed by atoms with Crippen molar-refractivity contribution in [3.63, 3.8) is 0 Å². The first kappa shape index (κ1) is 17.7. The Kier molecular flexibility index (Phi) is 5.92. The summed E-state index contributed by atoms with van der Waals surface area (Å²) in [6, 6.07) is 4.35. The van der Waals surface area contributed by atoms with Crippen molar-refractivity contribution in [3.05, 3.63) is 33.8 Å². The van der Waals surface area contributed by atoms with Crippen molar-refractivity contribution in [1.29, 1.82) is 0 Å². The van der Waals surface area contributed by atoms with Gasteiger partial charge in [-0.1, -0.05) is 29.8 Å². The highest BCUT2D eigenvalue weighted by atomic mass is 79.9. The van der Waals surface area contributed by atoms with E-state index in [0.717, 1.165) is 0 Å². The van der Waals surface area contributed by atoms with Crippen LogP contribution in [0.5, 0.6) is 0 Å². The lowest BCUT2D eigenvalue weighted by atomic mass is 9.87. The predicted molar refractivity (Wildman–Crippen MR) is 83.5 cm³/mol. The molecule has 0 heterocycles. The Balaban J connectivity index is 2.79. The standard InChI is InChI=1S/C15H20BrNO4/c1-9(18)7-15(2,3)8-17-13(19)10-4-11(14(20)21)6-12(16)5-10/h4-6,9,18H,7-8H2,1-3H3,(H,17,19)(H,20,21). The van der Waals surface area contributed by atoms with Crippen molar-refractivity contribution in [2.24, 2.45) is 5.41 Å². The number of amides is 1. The van der Waals surface area contributed by atoms with E-state index in [0.29, 0.717) is 17.4 Å². The summed E-state index contributed by atoms with van der Waals surface area (Å²) in [5.41, 5.74) is 0.0956. The van der Waals surface area contributed by atoms with Crippen molar-refractivity contribution in [2.75, 3.05) is 6.54 Å². The molecule has 116 valence electrons. The average molecular weight is 358 g/mol. The predicted octanol–water partition coefficient (Wildman–Crippen LogP) is 2.67. The first-order valence-electron chi connectivity index (χ1n) is 6.61. The molecule has 0 aliphatic rings. The zero-order valence-corrected chi connectivity index (χ0v) is 13.9. The third kappa shape index (κ3) is 5.85. The zero-order valence-electron chi connectivity index (χ0n) is 12.3. The number of carboxylic acid groups (broad SMARTS) is 1. The highest BCUT2D eigenvalue weighted by Crippen LogP contribution is 2.22. The second-order valence-electron chi connectivity index (χ2n) is 5.93. The van der Waals surface area contributed by atoms with Crippen molar-refractivity contribution >= 4 is 27.8 Å². The van der Waals surface area contributed by atoms with Crippen LogP contribution >= 0.6 is 15.9 Å². The first-order valence-corrected chi connectivity index (χ1v) is 7.40. The lowest BCUT2D eigenvalue weighted by molar-refractivity contribution is 0.0696. The topological polar surface area (TPSA) is 86.6 Å². The van der Waals surface area contributed by atoms with Gasteiger partial charge in [0.15, 0.2) is 0 Å². The molecule has 21 heavy (non-hydrogen) atoms. The van der Waals surface area contributed by atoms with E-state index < -0.39 is 12.1 Å². The van der Waals surface area contributed by atoms with E-state index in [4.69, 9.17) is 5.11 Å². The summed E-state index contributed by atoms with van der Waals surface area (Å²) in [5.74, 6) is -1.42. The largest absolute Gasteiger partial charge is 0.478 e. The minimum Gasteiger partial charge on any atom is -0.478 e. The summed E-state index contributed by atoms with van der Waals surface area (Å²) in [6.07, 6.45) is 0.118. The van der Waals surface area contributed by atoms with Gasteiger partial charge in [0.05, 0.1) is 11.7 Å². The molecule has 1 aromatic carbocycles. The number of carbonyl (C=O) groups is 2. The first-order chi connectivity index (χ1) is 9.60. The summed E-state index contributed by atoms with van der Waals surface area (Å²) in [6.45, 7) is 6.00. The van der Waals surface area contributed by atoms with Gasteiger partial charge in [0.2, 0.25) is 0 Å². The van der Waals surface area contributed by atoms with Crippen LogP contribution in [0.15, 0.2) is 22.7 Å². The van der Waals surface area contributed by atoms with Gasteiger partial charge < -0.3 is 15.5 Å². The minimum atomic E-state index is -1.08. The molecule has 0 fully saturated rings. The fourth-order valence-corrected chi connectivity index (χ4v) is 2.63. The number of nitrogens with one attached hydrogen (secondary N) is 1. The molecule has 1 atom stereocenters. The van der Waals surface area contributed by atoms with Crippen LogP contribution in [-0.4, -0.2) is 34.7 Å². The molecule has 5 nitrogen and oxygen atoms in total. The smallest absolute Gasteiger partial charge is 0.335 e. The van der Waals surface area contributed by atoms with E-state index in [1.807, 2.05) is 13.8 Å². The van der Waals surface area contributed by atoms with Gasteiger partial charge in [-0.3, -0.25) is 4.79 Å². The summed E-state index contributed by atoms with van der Waals surface area (Å²) >= 11 is 3.20. The molecule has 3 N–H and O–H groups in total. The Labute approximate surface area is 132 Å². The van der Waals surface area contributed by atoms with Gasteiger partial charge in [0.25, 0.3) is 5.91 Å². The van der Waals surface area contributed by atoms with Gasteiger partial charge in [0.1, 0.15) is 0 Å². The van der Waals surface area contributed by atoms with Crippen LogP contribution in [0.3, 0.4) is 0 Å². The van der Waals surface area contributed by atoms with E-state index in [1.165, 1.54) is 12.1 Å². The number of hydrogen-bond donors (Lipinski definition) is 3. The van der Waals surface area contributed by atoms with E-state index in [-0.39, 0.29) is 22.4 Å². The summed E-state index contributed by atoms with van der Waals surface area (Å²) in [4.78, 5) is 23.1. The van der Waals surface area contributed by atoms with Crippen LogP contribution in [0.25, 0.3) is 0 Å². The normalized spacial score (nSPS) is 12.8. The Hall–Kier alpha value is -1.40. The van der Waals surface area contributed by atoms with Crippen molar-refractivity contribution in [2.45, 2.75) is 33.3 Å². The lowest BCUT2D eigenvalue weighted by Gasteiger charge is -2.26. The molecule has 1 rings (SSSR count). The number of carbonyl (C=O) groups excluding carboxylic acids is 1.